The summed E-state index contributed by atoms with van der Waals surface area (Å²) in [4.78, 5) is 20.5. The standard InChI is InChI=1S/C9H9NO6/c11-3-4-16-6-1-2-7(9(12)13)8(5-6)10(14)15/h1-2,5,11H,3-4H2,(H,12,13). The number of rotatable bonds is 5. The van der Waals surface area contributed by atoms with Gasteiger partial charge in [0.1, 0.15) is 17.9 Å². The van der Waals surface area contributed by atoms with Crippen molar-refractivity contribution in [1.82, 2.24) is 0 Å². The van der Waals surface area contributed by atoms with E-state index >= 15 is 0 Å². The molecule has 86 valence electrons. The molecule has 0 saturated carbocycles. The summed E-state index contributed by atoms with van der Waals surface area (Å²) < 4.78 is 4.93. The molecule has 0 unspecified atom stereocenters. The summed E-state index contributed by atoms with van der Waals surface area (Å²) in [5.74, 6) is -1.23. The van der Waals surface area contributed by atoms with Gasteiger partial charge < -0.3 is 14.9 Å². The van der Waals surface area contributed by atoms with Crippen molar-refractivity contribution >= 4 is 11.7 Å². The van der Waals surface area contributed by atoms with Gasteiger partial charge in [-0.25, -0.2) is 4.79 Å². The molecule has 0 atom stereocenters. The van der Waals surface area contributed by atoms with E-state index in [2.05, 4.69) is 0 Å². The number of nitro groups is 1. The van der Waals surface area contributed by atoms with Gasteiger partial charge in [0, 0.05) is 0 Å². The van der Waals surface area contributed by atoms with E-state index in [1.54, 1.807) is 0 Å². The molecule has 0 saturated heterocycles. The molecular formula is C9H9NO6. The van der Waals surface area contributed by atoms with Crippen LogP contribution >= 0.6 is 0 Å². The summed E-state index contributed by atoms with van der Waals surface area (Å²) >= 11 is 0. The molecule has 1 rings (SSSR count). The van der Waals surface area contributed by atoms with Crippen molar-refractivity contribution in [1.29, 1.82) is 0 Å². The highest BCUT2D eigenvalue weighted by Gasteiger charge is 2.20. The number of nitro benzene ring substituents is 1. The van der Waals surface area contributed by atoms with Crippen LogP contribution in [0.3, 0.4) is 0 Å². The molecule has 7 heteroatoms. The van der Waals surface area contributed by atoms with Gasteiger partial charge in [0.05, 0.1) is 17.6 Å². The van der Waals surface area contributed by atoms with Gasteiger partial charge in [-0.3, -0.25) is 10.1 Å². The van der Waals surface area contributed by atoms with Crippen molar-refractivity contribution < 1.29 is 24.7 Å². The van der Waals surface area contributed by atoms with Crippen molar-refractivity contribution in [2.75, 3.05) is 13.2 Å². The molecule has 0 bridgehead atoms. The Morgan fingerprint density at radius 3 is 2.69 bits per heavy atom. The maximum Gasteiger partial charge on any atom is 0.342 e. The maximum atomic E-state index is 10.7. The number of ether oxygens (including phenoxy) is 1. The van der Waals surface area contributed by atoms with Crippen LogP contribution < -0.4 is 4.74 Å². The molecule has 0 heterocycles. The highest BCUT2D eigenvalue weighted by molar-refractivity contribution is 5.92. The number of aliphatic hydroxyl groups excluding tert-OH is 1. The molecule has 1 aromatic carbocycles. The summed E-state index contributed by atoms with van der Waals surface area (Å²) in [7, 11) is 0. The molecular weight excluding hydrogens is 218 g/mol. The van der Waals surface area contributed by atoms with Crippen LogP contribution in [0.4, 0.5) is 5.69 Å². The Labute approximate surface area is 90.0 Å². The minimum atomic E-state index is -1.37. The molecule has 0 aliphatic rings. The van der Waals surface area contributed by atoms with E-state index in [0.717, 1.165) is 12.1 Å². The SMILES string of the molecule is O=C(O)c1ccc(OCCO)cc1[N+](=O)[O-]. The number of carbonyl (C=O) groups is 1. The lowest BCUT2D eigenvalue weighted by atomic mass is 10.2. The molecule has 2 N–H and O–H groups in total. The lowest BCUT2D eigenvalue weighted by Crippen LogP contribution is -2.05. The van der Waals surface area contributed by atoms with E-state index in [1.807, 2.05) is 0 Å². The van der Waals surface area contributed by atoms with E-state index in [-0.39, 0.29) is 19.0 Å². The minimum absolute atomic E-state index is 0.0103. The first-order chi connectivity index (χ1) is 7.56. The zero-order valence-corrected chi connectivity index (χ0v) is 8.12. The van der Waals surface area contributed by atoms with Crippen LogP contribution in [0, 0.1) is 10.1 Å². The summed E-state index contributed by atoms with van der Waals surface area (Å²) in [6.07, 6.45) is 0. The Morgan fingerprint density at radius 1 is 1.50 bits per heavy atom. The lowest BCUT2D eigenvalue weighted by Gasteiger charge is -2.04. The first-order valence-corrected chi connectivity index (χ1v) is 4.31. The third-order valence-corrected chi connectivity index (χ3v) is 1.76. The number of aliphatic hydroxyl groups is 1. The van der Waals surface area contributed by atoms with Crippen LogP contribution in [0.1, 0.15) is 10.4 Å². The van der Waals surface area contributed by atoms with E-state index in [0.29, 0.717) is 0 Å². The van der Waals surface area contributed by atoms with Gasteiger partial charge in [-0.1, -0.05) is 0 Å². The fourth-order valence-corrected chi connectivity index (χ4v) is 1.10. The third kappa shape index (κ3) is 2.67. The second-order valence-electron chi connectivity index (χ2n) is 2.81. The largest absolute Gasteiger partial charge is 0.491 e. The van der Waals surface area contributed by atoms with Crippen molar-refractivity contribution in [3.05, 3.63) is 33.9 Å². The Kier molecular flexibility index (Phi) is 3.78. The fourth-order valence-electron chi connectivity index (χ4n) is 1.10. The third-order valence-electron chi connectivity index (χ3n) is 1.76. The molecule has 0 amide bonds. The zero-order chi connectivity index (χ0) is 12.1. The monoisotopic (exact) mass is 227 g/mol. The van der Waals surface area contributed by atoms with E-state index in [1.165, 1.54) is 6.07 Å². The minimum Gasteiger partial charge on any atom is -0.491 e. The second-order valence-corrected chi connectivity index (χ2v) is 2.81. The number of carboxylic acids is 1. The molecule has 0 radical (unpaired) electrons. The molecule has 16 heavy (non-hydrogen) atoms. The van der Waals surface area contributed by atoms with Crippen LogP contribution in [0.2, 0.25) is 0 Å². The highest BCUT2D eigenvalue weighted by Crippen LogP contribution is 2.24. The fraction of sp³-hybridized carbons (Fsp3) is 0.222. The Balaban J connectivity index is 3.07. The van der Waals surface area contributed by atoms with Gasteiger partial charge in [-0.05, 0) is 12.1 Å². The van der Waals surface area contributed by atoms with Crippen molar-refractivity contribution in [2.24, 2.45) is 0 Å². The number of hydrogen-bond acceptors (Lipinski definition) is 5. The molecule has 1 aromatic rings. The molecule has 0 aliphatic carbocycles. The smallest absolute Gasteiger partial charge is 0.342 e. The van der Waals surface area contributed by atoms with Crippen LogP contribution in [-0.2, 0) is 0 Å². The average Bonchev–Trinajstić information content (AvgIpc) is 2.25. The van der Waals surface area contributed by atoms with Gasteiger partial charge >= 0.3 is 5.97 Å². The van der Waals surface area contributed by atoms with Crippen molar-refractivity contribution in [2.45, 2.75) is 0 Å². The molecule has 0 aromatic heterocycles. The van der Waals surface area contributed by atoms with E-state index < -0.39 is 22.1 Å². The lowest BCUT2D eigenvalue weighted by molar-refractivity contribution is -0.385. The second kappa shape index (κ2) is 5.08. The van der Waals surface area contributed by atoms with Gasteiger partial charge in [-0.2, -0.15) is 0 Å². The van der Waals surface area contributed by atoms with Gasteiger partial charge in [0.15, 0.2) is 0 Å². The average molecular weight is 227 g/mol. The number of carboxylic acid groups (broad SMARTS) is 1. The maximum absolute atomic E-state index is 10.7. The van der Waals surface area contributed by atoms with Crippen LogP contribution in [0.15, 0.2) is 18.2 Å². The van der Waals surface area contributed by atoms with Gasteiger partial charge in [0.2, 0.25) is 0 Å². The molecule has 7 nitrogen and oxygen atoms in total. The zero-order valence-electron chi connectivity index (χ0n) is 8.12. The Hall–Kier alpha value is -2.15. The normalized spacial score (nSPS) is 9.81. The number of hydrogen-bond donors (Lipinski definition) is 2. The Bertz CT molecular complexity index is 416. The van der Waals surface area contributed by atoms with Crippen LogP contribution in [0.25, 0.3) is 0 Å². The van der Waals surface area contributed by atoms with Gasteiger partial charge in [-0.15, -0.1) is 0 Å². The Morgan fingerprint density at radius 2 is 2.19 bits per heavy atom. The molecule has 0 aliphatic heterocycles. The van der Waals surface area contributed by atoms with Crippen LogP contribution in [0.5, 0.6) is 5.75 Å². The predicted molar refractivity (Wildman–Crippen MR) is 52.6 cm³/mol. The van der Waals surface area contributed by atoms with Crippen molar-refractivity contribution in [3.8, 4) is 5.75 Å². The van der Waals surface area contributed by atoms with Gasteiger partial charge in [0.25, 0.3) is 5.69 Å². The van der Waals surface area contributed by atoms with E-state index in [9.17, 15) is 14.9 Å². The predicted octanol–water partition coefficient (Wildman–Crippen LogP) is 0.664. The number of aromatic carboxylic acids is 1. The summed E-state index contributed by atoms with van der Waals surface area (Å²) in [5.41, 5.74) is -0.940. The number of benzene rings is 1. The topological polar surface area (TPSA) is 110 Å². The first kappa shape index (κ1) is 11.9. The molecule has 0 spiro atoms. The van der Waals surface area contributed by atoms with Crippen LogP contribution in [-0.4, -0.2) is 34.3 Å². The van der Waals surface area contributed by atoms with Crippen molar-refractivity contribution in [3.63, 3.8) is 0 Å². The molecule has 0 fully saturated rings. The van der Waals surface area contributed by atoms with E-state index in [4.69, 9.17) is 14.9 Å². The highest BCUT2D eigenvalue weighted by atomic mass is 16.6. The summed E-state index contributed by atoms with van der Waals surface area (Å²) in [6, 6.07) is 3.40. The quantitative estimate of drug-likeness (QED) is 0.564. The summed E-state index contributed by atoms with van der Waals surface area (Å²) in [6.45, 7) is -0.238. The first-order valence-electron chi connectivity index (χ1n) is 4.31. The number of nitrogens with zero attached hydrogens (tertiary/aromatic N) is 1. The summed E-state index contributed by atoms with van der Waals surface area (Å²) in [5, 5.41) is 27.8.